The van der Waals surface area contributed by atoms with Gasteiger partial charge in [-0.15, -0.1) is 0 Å². The normalized spacial score (nSPS) is 22.4. The lowest BCUT2D eigenvalue weighted by Gasteiger charge is -2.19. The number of carbonyl (C=O) groups excluding carboxylic acids is 2. The van der Waals surface area contributed by atoms with Crippen LogP contribution in [0.15, 0.2) is 40.6 Å². The first-order chi connectivity index (χ1) is 8.11. The third kappa shape index (κ3) is 2.25. The fourth-order valence-electron chi connectivity index (χ4n) is 1.82. The van der Waals surface area contributed by atoms with Gasteiger partial charge in [0.25, 0.3) is 0 Å². The first-order valence-corrected chi connectivity index (χ1v) is 5.49. The van der Waals surface area contributed by atoms with Gasteiger partial charge in [0.15, 0.2) is 5.78 Å². The number of carbonyl (C=O) groups is 2. The summed E-state index contributed by atoms with van der Waals surface area (Å²) < 4.78 is 4.89. The molecule has 1 aliphatic carbocycles. The van der Waals surface area contributed by atoms with Crippen LogP contribution in [-0.2, 0) is 14.3 Å². The summed E-state index contributed by atoms with van der Waals surface area (Å²) in [7, 11) is 0. The Labute approximate surface area is 99.4 Å². The molecule has 88 valence electrons. The zero-order valence-electron chi connectivity index (χ0n) is 9.77. The van der Waals surface area contributed by atoms with Gasteiger partial charge in [0, 0.05) is 11.8 Å². The first-order valence-electron chi connectivity index (χ1n) is 5.49. The van der Waals surface area contributed by atoms with Gasteiger partial charge in [-0.05, 0) is 26.0 Å². The van der Waals surface area contributed by atoms with E-state index in [1.165, 1.54) is 6.08 Å². The molecule has 17 heavy (non-hydrogen) atoms. The second-order valence-corrected chi connectivity index (χ2v) is 3.88. The Morgan fingerprint density at radius 3 is 2.94 bits per heavy atom. The van der Waals surface area contributed by atoms with Gasteiger partial charge in [-0.3, -0.25) is 9.79 Å². The van der Waals surface area contributed by atoms with Crippen LogP contribution in [0.4, 0.5) is 0 Å². The molecule has 4 heteroatoms. The van der Waals surface area contributed by atoms with E-state index >= 15 is 0 Å². The van der Waals surface area contributed by atoms with Crippen LogP contribution >= 0.6 is 0 Å². The predicted molar refractivity (Wildman–Crippen MR) is 63.5 cm³/mol. The largest absolute Gasteiger partial charge is 0.462 e. The third-order valence-electron chi connectivity index (χ3n) is 2.57. The van der Waals surface area contributed by atoms with Crippen molar-refractivity contribution in [1.29, 1.82) is 0 Å². The highest BCUT2D eigenvalue weighted by Gasteiger charge is 2.27. The summed E-state index contributed by atoms with van der Waals surface area (Å²) in [5.41, 5.74) is 1.79. The maximum atomic E-state index is 11.8. The zero-order chi connectivity index (χ0) is 12.4. The van der Waals surface area contributed by atoms with Gasteiger partial charge in [0.1, 0.15) is 0 Å². The Morgan fingerprint density at radius 2 is 2.24 bits per heavy atom. The molecule has 0 saturated heterocycles. The van der Waals surface area contributed by atoms with E-state index in [-0.39, 0.29) is 5.78 Å². The summed E-state index contributed by atoms with van der Waals surface area (Å²) in [6, 6.07) is 0. The lowest BCUT2D eigenvalue weighted by molar-refractivity contribution is -0.138. The van der Waals surface area contributed by atoms with Crippen LogP contribution in [0.3, 0.4) is 0 Å². The summed E-state index contributed by atoms with van der Waals surface area (Å²) in [6.07, 6.45) is 6.44. The molecular weight excluding hydrogens is 218 g/mol. The van der Waals surface area contributed by atoms with Crippen molar-refractivity contribution in [3.63, 3.8) is 0 Å². The molecule has 0 fully saturated rings. The van der Waals surface area contributed by atoms with Crippen molar-refractivity contribution in [2.45, 2.75) is 13.8 Å². The van der Waals surface area contributed by atoms with Crippen molar-refractivity contribution in [2.75, 3.05) is 6.61 Å². The minimum Gasteiger partial charge on any atom is -0.462 e. The van der Waals surface area contributed by atoms with Crippen molar-refractivity contribution in [3.05, 3.63) is 35.6 Å². The maximum Gasteiger partial charge on any atom is 0.337 e. The quantitative estimate of drug-likeness (QED) is 0.678. The van der Waals surface area contributed by atoms with Gasteiger partial charge in [-0.2, -0.15) is 0 Å². The second kappa shape index (κ2) is 4.49. The molecule has 0 aromatic heterocycles. The number of hydrogen-bond acceptors (Lipinski definition) is 4. The fourth-order valence-corrected chi connectivity index (χ4v) is 1.82. The molecule has 0 N–H and O–H groups in total. The molecule has 0 saturated carbocycles. The maximum absolute atomic E-state index is 11.8. The van der Waals surface area contributed by atoms with E-state index in [1.807, 2.05) is 0 Å². The molecule has 0 aromatic rings. The number of allylic oxidation sites excluding steroid dienone is 4. The highest BCUT2D eigenvalue weighted by Crippen LogP contribution is 2.22. The predicted octanol–water partition coefficient (Wildman–Crippen LogP) is 1.59. The van der Waals surface area contributed by atoms with Crippen molar-refractivity contribution in [2.24, 2.45) is 10.9 Å². The summed E-state index contributed by atoms with van der Waals surface area (Å²) in [6.45, 7) is 3.85. The molecule has 0 radical (unpaired) electrons. The number of nitrogens with zero attached hydrogens (tertiary/aromatic N) is 1. The van der Waals surface area contributed by atoms with Crippen LogP contribution < -0.4 is 0 Å². The van der Waals surface area contributed by atoms with Crippen LogP contribution in [0.25, 0.3) is 0 Å². The van der Waals surface area contributed by atoms with E-state index in [1.54, 1.807) is 32.1 Å². The smallest absolute Gasteiger partial charge is 0.337 e. The summed E-state index contributed by atoms with van der Waals surface area (Å²) in [5, 5.41) is 0. The molecule has 1 heterocycles. The Morgan fingerprint density at radius 1 is 1.47 bits per heavy atom. The molecular formula is C13H13NO3. The molecule has 4 nitrogen and oxygen atoms in total. The van der Waals surface area contributed by atoms with Gasteiger partial charge >= 0.3 is 5.97 Å². The van der Waals surface area contributed by atoms with Gasteiger partial charge in [0.05, 0.1) is 23.8 Å². The highest BCUT2D eigenvalue weighted by molar-refractivity contribution is 6.19. The minimum absolute atomic E-state index is 0.0429. The number of fused-ring (bicyclic) bond motifs is 1. The third-order valence-corrected chi connectivity index (χ3v) is 2.57. The van der Waals surface area contributed by atoms with E-state index in [4.69, 9.17) is 4.74 Å². The topological polar surface area (TPSA) is 55.7 Å². The van der Waals surface area contributed by atoms with Crippen molar-refractivity contribution < 1.29 is 14.3 Å². The van der Waals surface area contributed by atoms with E-state index in [0.717, 1.165) is 0 Å². The van der Waals surface area contributed by atoms with Crippen LogP contribution in [-0.4, -0.2) is 24.1 Å². The molecule has 2 aliphatic rings. The SMILES string of the molecule is CCOC(=O)C1=CC2C(=O)C=C(C)N=C2C=C1. The van der Waals surface area contributed by atoms with E-state index in [2.05, 4.69) is 4.99 Å². The number of hydrogen-bond donors (Lipinski definition) is 0. The van der Waals surface area contributed by atoms with Crippen LogP contribution in [0.2, 0.25) is 0 Å². The minimum atomic E-state index is -0.442. The van der Waals surface area contributed by atoms with Crippen LogP contribution in [0.1, 0.15) is 13.8 Å². The summed E-state index contributed by atoms with van der Waals surface area (Å²) in [4.78, 5) is 27.6. The number of aliphatic imine (C=N–C) groups is 1. The number of ketones is 1. The van der Waals surface area contributed by atoms with Gasteiger partial charge < -0.3 is 4.74 Å². The Bertz CT molecular complexity index is 495. The van der Waals surface area contributed by atoms with Gasteiger partial charge in [-0.1, -0.05) is 6.08 Å². The van der Waals surface area contributed by atoms with Crippen molar-refractivity contribution in [1.82, 2.24) is 0 Å². The average molecular weight is 231 g/mol. The molecule has 2 rings (SSSR count). The molecule has 0 spiro atoms. The monoisotopic (exact) mass is 231 g/mol. The molecule has 1 aliphatic heterocycles. The standard InChI is InChI=1S/C13H13NO3/c1-3-17-13(16)9-4-5-11-10(7-9)12(15)6-8(2)14-11/h4-7,10H,3H2,1-2H3. The first kappa shape index (κ1) is 11.5. The van der Waals surface area contributed by atoms with Crippen molar-refractivity contribution >= 4 is 17.5 Å². The Hall–Kier alpha value is -1.97. The number of rotatable bonds is 2. The second-order valence-electron chi connectivity index (χ2n) is 3.88. The molecule has 0 aromatic carbocycles. The zero-order valence-corrected chi connectivity index (χ0v) is 9.77. The van der Waals surface area contributed by atoms with Crippen LogP contribution in [0, 0.1) is 5.92 Å². The van der Waals surface area contributed by atoms with Crippen LogP contribution in [0.5, 0.6) is 0 Å². The highest BCUT2D eigenvalue weighted by atomic mass is 16.5. The lowest BCUT2D eigenvalue weighted by atomic mass is 9.88. The molecule has 1 atom stereocenters. The van der Waals surface area contributed by atoms with E-state index in [0.29, 0.717) is 23.6 Å². The van der Waals surface area contributed by atoms with Crippen molar-refractivity contribution in [3.8, 4) is 0 Å². The van der Waals surface area contributed by atoms with Gasteiger partial charge in [0.2, 0.25) is 0 Å². The summed E-state index contributed by atoms with van der Waals surface area (Å²) >= 11 is 0. The van der Waals surface area contributed by atoms with E-state index in [9.17, 15) is 9.59 Å². The van der Waals surface area contributed by atoms with E-state index < -0.39 is 11.9 Å². The Balaban J connectivity index is 2.27. The number of ether oxygens (including phenoxy) is 1. The lowest BCUT2D eigenvalue weighted by Crippen LogP contribution is -2.26. The average Bonchev–Trinajstić information content (AvgIpc) is 2.28. The number of esters is 1. The molecule has 0 amide bonds. The molecule has 0 bridgehead atoms. The molecule has 1 unspecified atom stereocenters. The van der Waals surface area contributed by atoms with Gasteiger partial charge in [-0.25, -0.2) is 4.79 Å². The Kier molecular flexibility index (Phi) is 3.04. The fraction of sp³-hybridized carbons (Fsp3) is 0.308. The summed E-state index contributed by atoms with van der Waals surface area (Å²) in [5.74, 6) is -0.886.